The molecule has 8 aromatic rings. The van der Waals surface area contributed by atoms with Crippen LogP contribution in [0.25, 0.3) is 76.5 Å². The van der Waals surface area contributed by atoms with Crippen LogP contribution in [0.1, 0.15) is 0 Å². The second-order valence-electron chi connectivity index (χ2n) is 9.81. The third kappa shape index (κ3) is 3.14. The van der Waals surface area contributed by atoms with Crippen LogP contribution in [0.15, 0.2) is 134 Å². The number of benzene rings is 6. The number of hydrogen-bond acceptors (Lipinski definition) is 2. The van der Waals surface area contributed by atoms with Gasteiger partial charge in [-0.15, -0.1) is 0 Å². The molecule has 0 saturated heterocycles. The van der Waals surface area contributed by atoms with Gasteiger partial charge in [0.25, 0.3) is 0 Å². The average Bonchev–Trinajstić information content (AvgIpc) is 2.99. The van der Waals surface area contributed by atoms with Crippen molar-refractivity contribution in [2.45, 2.75) is 0 Å². The van der Waals surface area contributed by atoms with Gasteiger partial charge < -0.3 is 0 Å². The van der Waals surface area contributed by atoms with E-state index in [4.69, 9.17) is 4.98 Å². The van der Waals surface area contributed by atoms with E-state index in [-0.39, 0.29) is 0 Å². The van der Waals surface area contributed by atoms with Crippen molar-refractivity contribution in [2.75, 3.05) is 0 Å². The van der Waals surface area contributed by atoms with Crippen molar-refractivity contribution < 1.29 is 0 Å². The van der Waals surface area contributed by atoms with E-state index in [0.29, 0.717) is 0 Å². The van der Waals surface area contributed by atoms with Crippen LogP contribution in [-0.4, -0.2) is 9.97 Å². The Morgan fingerprint density at radius 3 is 1.68 bits per heavy atom. The smallest absolute Gasteiger partial charge is 0.0972 e. The molecule has 2 aromatic heterocycles. The fourth-order valence-corrected chi connectivity index (χ4v) is 5.92. The van der Waals surface area contributed by atoms with E-state index in [0.717, 1.165) is 33.1 Å². The lowest BCUT2D eigenvalue weighted by atomic mass is 9.86. The van der Waals surface area contributed by atoms with Gasteiger partial charge >= 0.3 is 0 Å². The molecule has 2 heterocycles. The Hall–Kier alpha value is -5.08. The molecule has 0 amide bonds. The molecule has 0 aliphatic rings. The Balaban J connectivity index is 1.49. The number of pyridine rings is 2. The quantitative estimate of drug-likeness (QED) is 0.181. The molecule has 0 fully saturated rings. The van der Waals surface area contributed by atoms with Gasteiger partial charge in [-0.2, -0.15) is 0 Å². The Kier molecular flexibility index (Phi) is 4.55. The monoisotopic (exact) mass is 482 g/mol. The summed E-state index contributed by atoms with van der Waals surface area (Å²) in [4.78, 5) is 9.94. The van der Waals surface area contributed by atoms with Crippen molar-refractivity contribution in [1.29, 1.82) is 0 Å². The summed E-state index contributed by atoms with van der Waals surface area (Å²) in [5.41, 5.74) is 6.49. The molecule has 0 atom stereocenters. The zero-order chi connectivity index (χ0) is 25.1. The SMILES string of the molecule is c1ccc2cc(-c3c4ccccc4c(-c4ccc5ccc6cccnc6c5n4)c4ccccc34)ccc2c1. The maximum Gasteiger partial charge on any atom is 0.0972 e. The molecular formula is C36H22N2. The molecule has 2 heteroatoms. The molecule has 0 radical (unpaired) electrons. The first-order valence-corrected chi connectivity index (χ1v) is 12.9. The van der Waals surface area contributed by atoms with Crippen LogP contribution in [0.4, 0.5) is 0 Å². The Morgan fingerprint density at radius 1 is 0.395 bits per heavy atom. The summed E-state index contributed by atoms with van der Waals surface area (Å²) < 4.78 is 0. The van der Waals surface area contributed by atoms with E-state index in [2.05, 4.69) is 126 Å². The number of rotatable bonds is 2. The lowest BCUT2D eigenvalue weighted by Gasteiger charge is -2.18. The molecule has 0 aliphatic heterocycles. The summed E-state index contributed by atoms with van der Waals surface area (Å²) in [6.07, 6.45) is 1.85. The number of aromatic nitrogens is 2. The Labute approximate surface area is 219 Å². The molecule has 0 bridgehead atoms. The normalized spacial score (nSPS) is 11.7. The zero-order valence-corrected chi connectivity index (χ0v) is 20.6. The molecule has 0 aliphatic carbocycles. The van der Waals surface area contributed by atoms with Crippen LogP contribution < -0.4 is 0 Å². The molecule has 176 valence electrons. The van der Waals surface area contributed by atoms with Crippen LogP contribution in [0.3, 0.4) is 0 Å². The topological polar surface area (TPSA) is 25.8 Å². The summed E-state index contributed by atoms with van der Waals surface area (Å²) in [7, 11) is 0. The van der Waals surface area contributed by atoms with E-state index in [1.165, 1.54) is 43.4 Å². The predicted octanol–water partition coefficient (Wildman–Crippen LogP) is 9.58. The van der Waals surface area contributed by atoms with Crippen molar-refractivity contribution in [1.82, 2.24) is 9.97 Å². The highest BCUT2D eigenvalue weighted by Crippen LogP contribution is 2.44. The van der Waals surface area contributed by atoms with Crippen LogP contribution in [-0.2, 0) is 0 Å². The molecular weight excluding hydrogens is 460 g/mol. The first kappa shape index (κ1) is 21.0. The largest absolute Gasteiger partial charge is 0.254 e. The minimum Gasteiger partial charge on any atom is -0.254 e. The van der Waals surface area contributed by atoms with E-state index in [1.807, 2.05) is 12.3 Å². The molecule has 0 saturated carbocycles. The third-order valence-electron chi connectivity index (χ3n) is 7.66. The maximum absolute atomic E-state index is 5.25. The van der Waals surface area contributed by atoms with Gasteiger partial charge in [-0.25, -0.2) is 4.98 Å². The minimum absolute atomic E-state index is 0.937. The summed E-state index contributed by atoms with van der Waals surface area (Å²) in [6.45, 7) is 0. The molecule has 6 aromatic carbocycles. The summed E-state index contributed by atoms with van der Waals surface area (Å²) >= 11 is 0. The standard InChI is InChI=1S/C36H22N2/c1-2-9-26-22-27(18-15-23(26)8-1)33-28-11-3-5-13-30(28)34(31-14-6-4-12-29(31)33)32-20-19-25-17-16-24-10-7-21-37-35(24)36(25)38-32/h1-22H. The summed E-state index contributed by atoms with van der Waals surface area (Å²) in [6, 6.07) is 45.5. The van der Waals surface area contributed by atoms with Gasteiger partial charge in [0.15, 0.2) is 0 Å². The lowest BCUT2D eigenvalue weighted by molar-refractivity contribution is 1.38. The van der Waals surface area contributed by atoms with Crippen molar-refractivity contribution in [3.8, 4) is 22.4 Å². The maximum atomic E-state index is 5.25. The van der Waals surface area contributed by atoms with Gasteiger partial charge in [-0.1, -0.05) is 109 Å². The highest BCUT2D eigenvalue weighted by molar-refractivity contribution is 6.21. The van der Waals surface area contributed by atoms with Crippen LogP contribution in [0.2, 0.25) is 0 Å². The van der Waals surface area contributed by atoms with Gasteiger partial charge in [0.05, 0.1) is 16.7 Å². The van der Waals surface area contributed by atoms with Crippen LogP contribution >= 0.6 is 0 Å². The molecule has 2 nitrogen and oxygen atoms in total. The van der Waals surface area contributed by atoms with E-state index in [1.54, 1.807) is 0 Å². The number of fused-ring (bicyclic) bond motifs is 6. The molecule has 0 unspecified atom stereocenters. The zero-order valence-electron chi connectivity index (χ0n) is 20.6. The Bertz CT molecular complexity index is 2140. The van der Waals surface area contributed by atoms with Gasteiger partial charge in [0, 0.05) is 22.5 Å². The molecule has 38 heavy (non-hydrogen) atoms. The molecule has 8 rings (SSSR count). The summed E-state index contributed by atoms with van der Waals surface area (Å²) in [5, 5.41) is 9.57. The van der Waals surface area contributed by atoms with Gasteiger partial charge in [-0.3, -0.25) is 4.98 Å². The van der Waals surface area contributed by atoms with Gasteiger partial charge in [0.2, 0.25) is 0 Å². The highest BCUT2D eigenvalue weighted by atomic mass is 14.8. The first-order valence-electron chi connectivity index (χ1n) is 12.9. The van der Waals surface area contributed by atoms with Gasteiger partial charge in [0.1, 0.15) is 0 Å². The fourth-order valence-electron chi connectivity index (χ4n) is 5.92. The van der Waals surface area contributed by atoms with Crippen molar-refractivity contribution in [2.24, 2.45) is 0 Å². The van der Waals surface area contributed by atoms with E-state index >= 15 is 0 Å². The molecule has 0 spiro atoms. The van der Waals surface area contributed by atoms with Crippen molar-refractivity contribution >= 4 is 54.1 Å². The van der Waals surface area contributed by atoms with E-state index in [9.17, 15) is 0 Å². The highest BCUT2D eigenvalue weighted by Gasteiger charge is 2.18. The fraction of sp³-hybridized carbons (Fsp3) is 0. The van der Waals surface area contributed by atoms with Gasteiger partial charge in [-0.05, 0) is 61.6 Å². The van der Waals surface area contributed by atoms with Crippen LogP contribution in [0.5, 0.6) is 0 Å². The number of nitrogens with zero attached hydrogens (tertiary/aromatic N) is 2. The van der Waals surface area contributed by atoms with E-state index < -0.39 is 0 Å². The predicted molar refractivity (Wildman–Crippen MR) is 160 cm³/mol. The Morgan fingerprint density at radius 2 is 0.947 bits per heavy atom. The number of hydrogen-bond donors (Lipinski definition) is 0. The van der Waals surface area contributed by atoms with Crippen molar-refractivity contribution in [3.05, 3.63) is 134 Å². The van der Waals surface area contributed by atoms with Crippen LogP contribution in [0, 0.1) is 0 Å². The van der Waals surface area contributed by atoms with Crippen molar-refractivity contribution in [3.63, 3.8) is 0 Å². The lowest BCUT2D eigenvalue weighted by Crippen LogP contribution is -1.93. The average molecular weight is 483 g/mol. The summed E-state index contributed by atoms with van der Waals surface area (Å²) in [5.74, 6) is 0. The second kappa shape index (κ2) is 8.22. The molecule has 0 N–H and O–H groups in total. The third-order valence-corrected chi connectivity index (χ3v) is 7.66. The minimum atomic E-state index is 0.937. The first-order chi connectivity index (χ1) is 18.8. The second-order valence-corrected chi connectivity index (χ2v) is 9.81.